The summed E-state index contributed by atoms with van der Waals surface area (Å²) in [5.41, 5.74) is 2.15. The molecule has 1 aliphatic carbocycles. The van der Waals surface area contributed by atoms with E-state index in [9.17, 15) is 0 Å². The number of imidazole rings is 1. The van der Waals surface area contributed by atoms with Gasteiger partial charge in [0.05, 0.1) is 31.1 Å². The molecule has 0 radical (unpaired) electrons. The highest BCUT2D eigenvalue weighted by atomic mass is 127. The summed E-state index contributed by atoms with van der Waals surface area (Å²) in [4.78, 5) is 12.0. The molecule has 1 heterocycles. The Labute approximate surface area is 185 Å². The third-order valence-corrected chi connectivity index (χ3v) is 4.91. The van der Waals surface area contributed by atoms with Crippen LogP contribution in [0.25, 0.3) is 11.3 Å². The molecule has 3 rings (SSSR count). The van der Waals surface area contributed by atoms with Gasteiger partial charge in [0.15, 0.2) is 5.96 Å². The first-order chi connectivity index (χ1) is 13.3. The van der Waals surface area contributed by atoms with Crippen LogP contribution in [0.15, 0.2) is 41.5 Å². The minimum Gasteiger partial charge on any atom is -0.376 e. The van der Waals surface area contributed by atoms with Gasteiger partial charge in [-0.25, -0.2) is 4.98 Å². The maximum absolute atomic E-state index is 6.01. The molecule has 0 bridgehead atoms. The Morgan fingerprint density at radius 1 is 1.14 bits per heavy atom. The van der Waals surface area contributed by atoms with Gasteiger partial charge >= 0.3 is 0 Å². The fourth-order valence-electron chi connectivity index (χ4n) is 3.41. The number of halogens is 1. The number of aliphatic imine (C=N–C) groups is 1. The number of rotatable bonds is 7. The molecule has 2 aromatic rings. The Hall–Kier alpha value is -1.61. The smallest absolute Gasteiger partial charge is 0.191 e. The van der Waals surface area contributed by atoms with Gasteiger partial charge in [0.25, 0.3) is 0 Å². The fraction of sp³-hybridized carbons (Fsp3) is 0.524. The van der Waals surface area contributed by atoms with E-state index in [1.807, 2.05) is 24.4 Å². The SMILES string of the molecule is CN=C(NCCOC1CCCCCC1)NCc1ncc(-c2ccccc2)[nH]1.I. The lowest BCUT2D eigenvalue weighted by molar-refractivity contribution is 0.0468. The van der Waals surface area contributed by atoms with E-state index in [2.05, 4.69) is 37.7 Å². The number of hydrogen-bond acceptors (Lipinski definition) is 3. The Kier molecular flexibility index (Phi) is 10.3. The van der Waals surface area contributed by atoms with Gasteiger partial charge in [-0.2, -0.15) is 0 Å². The summed E-state index contributed by atoms with van der Waals surface area (Å²) in [6.45, 7) is 2.06. The van der Waals surface area contributed by atoms with Crippen LogP contribution in [0.2, 0.25) is 0 Å². The summed E-state index contributed by atoms with van der Waals surface area (Å²) in [5, 5.41) is 6.59. The number of aromatic nitrogens is 2. The first-order valence-electron chi connectivity index (χ1n) is 10.0. The van der Waals surface area contributed by atoms with Crippen molar-refractivity contribution in [3.63, 3.8) is 0 Å². The van der Waals surface area contributed by atoms with Crippen molar-refractivity contribution in [3.8, 4) is 11.3 Å². The molecule has 0 saturated heterocycles. The van der Waals surface area contributed by atoms with E-state index in [0.717, 1.165) is 29.6 Å². The van der Waals surface area contributed by atoms with Gasteiger partial charge in [-0.1, -0.05) is 56.0 Å². The molecule has 0 spiro atoms. The third-order valence-electron chi connectivity index (χ3n) is 4.91. The van der Waals surface area contributed by atoms with Crippen molar-refractivity contribution in [1.29, 1.82) is 0 Å². The van der Waals surface area contributed by atoms with Gasteiger partial charge in [0.1, 0.15) is 5.82 Å². The molecule has 3 N–H and O–H groups in total. The van der Waals surface area contributed by atoms with E-state index in [4.69, 9.17) is 4.74 Å². The molecule has 1 aromatic carbocycles. The second-order valence-corrected chi connectivity index (χ2v) is 6.95. The largest absolute Gasteiger partial charge is 0.376 e. The predicted molar refractivity (Wildman–Crippen MR) is 125 cm³/mol. The van der Waals surface area contributed by atoms with Crippen molar-refractivity contribution < 1.29 is 4.74 Å². The highest BCUT2D eigenvalue weighted by molar-refractivity contribution is 14.0. The molecule has 0 atom stereocenters. The Bertz CT molecular complexity index is 696. The second-order valence-electron chi connectivity index (χ2n) is 6.95. The van der Waals surface area contributed by atoms with Gasteiger partial charge in [-0.3, -0.25) is 4.99 Å². The van der Waals surface area contributed by atoms with Crippen LogP contribution in [-0.2, 0) is 11.3 Å². The van der Waals surface area contributed by atoms with Crippen LogP contribution in [0, 0.1) is 0 Å². The van der Waals surface area contributed by atoms with Crippen LogP contribution in [0.5, 0.6) is 0 Å². The first-order valence-corrected chi connectivity index (χ1v) is 10.0. The standard InChI is InChI=1S/C21H31N5O.HI/c1-22-21(23-13-14-27-18-11-7-2-3-8-12-18)25-16-20-24-15-19(26-20)17-9-5-4-6-10-17;/h4-6,9-10,15,18H,2-3,7-8,11-14,16H2,1H3,(H,24,26)(H2,22,23,25);1H. The zero-order valence-electron chi connectivity index (χ0n) is 16.6. The number of benzene rings is 1. The van der Waals surface area contributed by atoms with Crippen molar-refractivity contribution in [3.05, 3.63) is 42.4 Å². The first kappa shape index (κ1) is 22.7. The molecule has 154 valence electrons. The summed E-state index contributed by atoms with van der Waals surface area (Å²) in [6.07, 6.45) is 10.0. The molecule has 28 heavy (non-hydrogen) atoms. The zero-order chi connectivity index (χ0) is 18.7. The number of hydrogen-bond donors (Lipinski definition) is 3. The monoisotopic (exact) mass is 497 g/mol. The maximum Gasteiger partial charge on any atom is 0.191 e. The molecule has 1 fully saturated rings. The van der Waals surface area contributed by atoms with Gasteiger partial charge in [0.2, 0.25) is 0 Å². The lowest BCUT2D eigenvalue weighted by Crippen LogP contribution is -2.39. The minimum atomic E-state index is 0. The summed E-state index contributed by atoms with van der Waals surface area (Å²) in [5.74, 6) is 1.64. The number of aromatic amines is 1. The van der Waals surface area contributed by atoms with Crippen LogP contribution in [-0.4, -0.2) is 42.2 Å². The molecule has 1 aromatic heterocycles. The highest BCUT2D eigenvalue weighted by Crippen LogP contribution is 2.19. The molecule has 0 unspecified atom stereocenters. The van der Waals surface area contributed by atoms with Crippen molar-refractivity contribution in [1.82, 2.24) is 20.6 Å². The maximum atomic E-state index is 6.01. The second kappa shape index (κ2) is 12.8. The van der Waals surface area contributed by atoms with Crippen molar-refractivity contribution >= 4 is 29.9 Å². The Balaban J connectivity index is 0.00000280. The van der Waals surface area contributed by atoms with Gasteiger partial charge in [-0.15, -0.1) is 24.0 Å². The van der Waals surface area contributed by atoms with E-state index in [-0.39, 0.29) is 24.0 Å². The van der Waals surface area contributed by atoms with Gasteiger partial charge < -0.3 is 20.4 Å². The van der Waals surface area contributed by atoms with E-state index >= 15 is 0 Å². The number of ether oxygens (including phenoxy) is 1. The Morgan fingerprint density at radius 2 is 1.89 bits per heavy atom. The number of H-pyrrole nitrogens is 1. The lowest BCUT2D eigenvalue weighted by atomic mass is 10.1. The van der Waals surface area contributed by atoms with Crippen LogP contribution >= 0.6 is 24.0 Å². The van der Waals surface area contributed by atoms with E-state index in [0.29, 0.717) is 19.3 Å². The molecule has 1 saturated carbocycles. The van der Waals surface area contributed by atoms with E-state index in [1.54, 1.807) is 7.05 Å². The zero-order valence-corrected chi connectivity index (χ0v) is 18.9. The van der Waals surface area contributed by atoms with Crippen molar-refractivity contribution in [2.75, 3.05) is 20.2 Å². The van der Waals surface area contributed by atoms with E-state index < -0.39 is 0 Å². The molecule has 1 aliphatic rings. The summed E-state index contributed by atoms with van der Waals surface area (Å²) in [7, 11) is 1.78. The van der Waals surface area contributed by atoms with Gasteiger partial charge in [0, 0.05) is 13.6 Å². The summed E-state index contributed by atoms with van der Waals surface area (Å²) in [6, 6.07) is 10.2. The molecule has 0 amide bonds. The quantitative estimate of drug-likeness (QED) is 0.177. The van der Waals surface area contributed by atoms with Crippen molar-refractivity contribution in [2.45, 2.75) is 51.2 Å². The molecule has 0 aliphatic heterocycles. The average Bonchev–Trinajstić information content (AvgIpc) is 3.04. The fourth-order valence-corrected chi connectivity index (χ4v) is 3.41. The predicted octanol–water partition coefficient (Wildman–Crippen LogP) is 4.10. The van der Waals surface area contributed by atoms with E-state index in [1.165, 1.54) is 38.5 Å². The minimum absolute atomic E-state index is 0. The van der Waals surface area contributed by atoms with Crippen LogP contribution in [0.3, 0.4) is 0 Å². The molecular weight excluding hydrogens is 465 g/mol. The van der Waals surface area contributed by atoms with Crippen LogP contribution in [0.1, 0.15) is 44.3 Å². The summed E-state index contributed by atoms with van der Waals surface area (Å²) >= 11 is 0. The Morgan fingerprint density at radius 3 is 2.61 bits per heavy atom. The third kappa shape index (κ3) is 7.43. The lowest BCUT2D eigenvalue weighted by Gasteiger charge is -2.16. The number of guanidine groups is 1. The average molecular weight is 497 g/mol. The number of nitrogens with one attached hydrogen (secondary N) is 3. The molecule has 6 nitrogen and oxygen atoms in total. The topological polar surface area (TPSA) is 74.3 Å². The molecule has 7 heteroatoms. The normalized spacial score (nSPS) is 15.5. The van der Waals surface area contributed by atoms with Crippen molar-refractivity contribution in [2.24, 2.45) is 4.99 Å². The van der Waals surface area contributed by atoms with Gasteiger partial charge in [-0.05, 0) is 18.4 Å². The summed E-state index contributed by atoms with van der Waals surface area (Å²) < 4.78 is 6.01. The molecular formula is C21H32IN5O. The van der Waals surface area contributed by atoms with Crippen LogP contribution < -0.4 is 10.6 Å². The highest BCUT2D eigenvalue weighted by Gasteiger charge is 2.12. The van der Waals surface area contributed by atoms with Crippen LogP contribution in [0.4, 0.5) is 0 Å². The number of nitrogens with zero attached hydrogens (tertiary/aromatic N) is 2.